The van der Waals surface area contributed by atoms with Crippen molar-refractivity contribution < 1.29 is 4.79 Å². The van der Waals surface area contributed by atoms with E-state index in [9.17, 15) is 4.79 Å². The average Bonchev–Trinajstić information content (AvgIpc) is 3.30. The van der Waals surface area contributed by atoms with Crippen molar-refractivity contribution in [1.82, 2.24) is 10.2 Å². The summed E-state index contributed by atoms with van der Waals surface area (Å²) >= 11 is 0. The highest BCUT2D eigenvalue weighted by molar-refractivity contribution is 5.97. The topological polar surface area (TPSA) is 47.9 Å². The van der Waals surface area contributed by atoms with Crippen molar-refractivity contribution in [1.29, 1.82) is 0 Å². The number of nitrogens with one attached hydrogen (secondary N) is 1. The van der Waals surface area contributed by atoms with Crippen molar-refractivity contribution in [3.8, 4) is 0 Å². The molecule has 0 unspecified atom stereocenters. The summed E-state index contributed by atoms with van der Waals surface area (Å²) in [4.78, 5) is 20.5. The lowest BCUT2D eigenvalue weighted by molar-refractivity contribution is -0.128. The third-order valence-electron chi connectivity index (χ3n) is 5.34. The van der Waals surface area contributed by atoms with E-state index < -0.39 is 0 Å². The molecule has 2 aromatic rings. The van der Waals surface area contributed by atoms with E-state index in [2.05, 4.69) is 63.7 Å². The van der Waals surface area contributed by atoms with E-state index in [1.54, 1.807) is 0 Å². The first-order valence-electron chi connectivity index (χ1n) is 9.66. The molecule has 5 heteroatoms. The van der Waals surface area contributed by atoms with Gasteiger partial charge in [-0.2, -0.15) is 0 Å². The molecule has 0 saturated carbocycles. The Labute approximate surface area is 160 Å². The van der Waals surface area contributed by atoms with Gasteiger partial charge in [-0.25, -0.2) is 0 Å². The number of rotatable bonds is 4. The maximum absolute atomic E-state index is 11.9. The molecular formula is C22H26N4O. The summed E-state index contributed by atoms with van der Waals surface area (Å²) in [6.07, 6.45) is 2.72. The molecule has 27 heavy (non-hydrogen) atoms. The fourth-order valence-electron chi connectivity index (χ4n) is 3.96. The lowest BCUT2D eigenvalue weighted by Crippen LogP contribution is -2.40. The van der Waals surface area contributed by atoms with Crippen LogP contribution in [0.4, 0.5) is 5.69 Å². The van der Waals surface area contributed by atoms with Gasteiger partial charge in [-0.15, -0.1) is 0 Å². The molecule has 0 radical (unpaired) electrons. The Morgan fingerprint density at radius 2 is 1.93 bits per heavy atom. The van der Waals surface area contributed by atoms with E-state index in [0.717, 1.165) is 31.9 Å². The van der Waals surface area contributed by atoms with Crippen LogP contribution in [0.3, 0.4) is 0 Å². The van der Waals surface area contributed by atoms with Crippen molar-refractivity contribution >= 4 is 17.6 Å². The zero-order valence-electron chi connectivity index (χ0n) is 15.8. The standard InChI is InChI=1S/C22H26N4O/c1-23-22(26-13-11-19-8-2-3-9-20(19)26)24-15-17-6-4-7-18(14-17)16-25-12-5-10-21(25)27/h2-4,6-9,14H,5,10-13,15-16H2,1H3,(H,23,24). The minimum Gasteiger partial charge on any atom is -0.352 e. The first-order valence-corrected chi connectivity index (χ1v) is 9.66. The van der Waals surface area contributed by atoms with E-state index >= 15 is 0 Å². The second kappa shape index (κ2) is 7.82. The molecule has 0 bridgehead atoms. The number of hydrogen-bond donors (Lipinski definition) is 1. The number of carbonyl (C=O) groups excluding carboxylic acids is 1. The van der Waals surface area contributed by atoms with Crippen LogP contribution in [0.5, 0.6) is 0 Å². The zero-order valence-corrected chi connectivity index (χ0v) is 15.8. The largest absolute Gasteiger partial charge is 0.352 e. The molecule has 4 rings (SSSR count). The molecule has 1 N–H and O–H groups in total. The molecule has 140 valence electrons. The summed E-state index contributed by atoms with van der Waals surface area (Å²) in [5.41, 5.74) is 5.00. The third kappa shape index (κ3) is 3.82. The van der Waals surface area contributed by atoms with E-state index in [-0.39, 0.29) is 5.91 Å². The van der Waals surface area contributed by atoms with Crippen molar-refractivity contribution in [2.75, 3.05) is 25.0 Å². The normalized spacial score (nSPS) is 16.8. The van der Waals surface area contributed by atoms with E-state index in [0.29, 0.717) is 19.5 Å². The Morgan fingerprint density at radius 1 is 1.07 bits per heavy atom. The highest BCUT2D eigenvalue weighted by Crippen LogP contribution is 2.27. The van der Waals surface area contributed by atoms with Gasteiger partial charge >= 0.3 is 0 Å². The molecule has 2 aromatic carbocycles. The summed E-state index contributed by atoms with van der Waals surface area (Å²) in [6, 6.07) is 17.0. The maximum Gasteiger partial charge on any atom is 0.222 e. The summed E-state index contributed by atoms with van der Waals surface area (Å²) < 4.78 is 0. The molecule has 0 aliphatic carbocycles. The van der Waals surface area contributed by atoms with Crippen molar-refractivity contribution in [2.24, 2.45) is 4.99 Å². The molecule has 2 aliphatic heterocycles. The quantitative estimate of drug-likeness (QED) is 0.672. The van der Waals surface area contributed by atoms with E-state index in [1.165, 1.54) is 22.4 Å². The van der Waals surface area contributed by atoms with E-state index in [4.69, 9.17) is 0 Å². The van der Waals surface area contributed by atoms with Gasteiger partial charge in [-0.1, -0.05) is 42.5 Å². The number of hydrogen-bond acceptors (Lipinski definition) is 2. The van der Waals surface area contributed by atoms with Gasteiger partial charge in [0.05, 0.1) is 0 Å². The summed E-state index contributed by atoms with van der Waals surface area (Å²) in [7, 11) is 1.83. The van der Waals surface area contributed by atoms with Gasteiger partial charge in [0.25, 0.3) is 0 Å². The second-order valence-electron chi connectivity index (χ2n) is 7.17. The molecule has 1 saturated heterocycles. The number of likely N-dealkylation sites (tertiary alicyclic amines) is 1. The van der Waals surface area contributed by atoms with Gasteiger partial charge in [-0.3, -0.25) is 9.79 Å². The Morgan fingerprint density at radius 3 is 2.74 bits per heavy atom. The van der Waals surface area contributed by atoms with Crippen LogP contribution in [0.15, 0.2) is 53.5 Å². The first kappa shape index (κ1) is 17.6. The number of guanidine groups is 1. The van der Waals surface area contributed by atoms with Gasteiger partial charge < -0.3 is 15.1 Å². The summed E-state index contributed by atoms with van der Waals surface area (Å²) in [6.45, 7) is 3.26. The van der Waals surface area contributed by atoms with Crippen LogP contribution in [-0.2, 0) is 24.3 Å². The van der Waals surface area contributed by atoms with Crippen LogP contribution >= 0.6 is 0 Å². The predicted molar refractivity (Wildman–Crippen MR) is 109 cm³/mol. The van der Waals surface area contributed by atoms with Crippen LogP contribution in [0.25, 0.3) is 0 Å². The zero-order chi connectivity index (χ0) is 18.6. The van der Waals surface area contributed by atoms with E-state index in [1.807, 2.05) is 11.9 Å². The van der Waals surface area contributed by atoms with Crippen LogP contribution in [0, 0.1) is 0 Å². The first-order chi connectivity index (χ1) is 13.2. The monoisotopic (exact) mass is 362 g/mol. The van der Waals surface area contributed by atoms with Crippen LogP contribution in [0.2, 0.25) is 0 Å². The van der Waals surface area contributed by atoms with Crippen molar-refractivity contribution in [3.63, 3.8) is 0 Å². The molecular weight excluding hydrogens is 336 g/mol. The number of amides is 1. The summed E-state index contributed by atoms with van der Waals surface area (Å²) in [5.74, 6) is 1.17. The highest BCUT2D eigenvalue weighted by atomic mass is 16.2. The van der Waals surface area contributed by atoms with Crippen LogP contribution in [-0.4, -0.2) is 36.9 Å². The number of benzene rings is 2. The van der Waals surface area contributed by atoms with Crippen molar-refractivity contribution in [3.05, 3.63) is 65.2 Å². The molecule has 0 aromatic heterocycles. The van der Waals surface area contributed by atoms with Gasteiger partial charge in [0.2, 0.25) is 5.91 Å². The van der Waals surface area contributed by atoms with Crippen LogP contribution in [0.1, 0.15) is 29.5 Å². The molecule has 0 atom stereocenters. The highest BCUT2D eigenvalue weighted by Gasteiger charge is 2.22. The number of para-hydroxylation sites is 1. The Bertz CT molecular complexity index is 861. The third-order valence-corrected chi connectivity index (χ3v) is 5.34. The average molecular weight is 362 g/mol. The van der Waals surface area contributed by atoms with Crippen molar-refractivity contribution in [2.45, 2.75) is 32.4 Å². The smallest absolute Gasteiger partial charge is 0.222 e. The number of carbonyl (C=O) groups is 1. The minimum atomic E-state index is 0.270. The van der Waals surface area contributed by atoms with Gasteiger partial charge in [0.15, 0.2) is 5.96 Å². The maximum atomic E-state index is 11.9. The summed E-state index contributed by atoms with van der Waals surface area (Å²) in [5, 5.41) is 3.49. The Hall–Kier alpha value is -2.82. The fraction of sp³-hybridized carbons (Fsp3) is 0.364. The van der Waals surface area contributed by atoms with Crippen LogP contribution < -0.4 is 10.2 Å². The van der Waals surface area contributed by atoms with Gasteiger partial charge in [-0.05, 0) is 35.6 Å². The number of nitrogens with zero attached hydrogens (tertiary/aromatic N) is 3. The minimum absolute atomic E-state index is 0.270. The molecule has 2 heterocycles. The van der Waals surface area contributed by atoms with Gasteiger partial charge in [0.1, 0.15) is 0 Å². The lowest BCUT2D eigenvalue weighted by Gasteiger charge is -2.22. The fourth-order valence-corrected chi connectivity index (χ4v) is 3.96. The molecule has 5 nitrogen and oxygen atoms in total. The van der Waals surface area contributed by atoms with Gasteiger partial charge in [0, 0.05) is 45.3 Å². The molecule has 2 aliphatic rings. The second-order valence-corrected chi connectivity index (χ2v) is 7.17. The lowest BCUT2D eigenvalue weighted by atomic mass is 10.1. The Balaban J connectivity index is 1.41. The number of anilines is 1. The Kier molecular flexibility index (Phi) is 5.10. The number of aliphatic imine (C=N–C) groups is 1. The molecule has 0 spiro atoms. The predicted octanol–water partition coefficient (Wildman–Crippen LogP) is 2.95. The molecule has 1 amide bonds. The SMILES string of the molecule is CN=C(NCc1cccc(CN2CCCC2=O)c1)N1CCc2ccccc21. The molecule has 1 fully saturated rings. The number of fused-ring (bicyclic) bond motifs is 1.